The molecule has 0 aliphatic heterocycles. The number of nitrogens with one attached hydrogen (secondary N) is 2. The van der Waals surface area contributed by atoms with Gasteiger partial charge in [0.05, 0.1) is 16.8 Å². The van der Waals surface area contributed by atoms with Crippen LogP contribution in [0.15, 0.2) is 59.6 Å². The van der Waals surface area contributed by atoms with Crippen molar-refractivity contribution in [3.8, 4) is 22.4 Å². The highest BCUT2D eigenvalue weighted by molar-refractivity contribution is 7.89. The summed E-state index contributed by atoms with van der Waals surface area (Å²) in [7, 11) is -3.59. The highest BCUT2D eigenvalue weighted by atomic mass is 32.2. The number of nitrogens with zero attached hydrogens (tertiary/aromatic N) is 1. The molecule has 3 rings (SSSR count). The van der Waals surface area contributed by atoms with Gasteiger partial charge in [-0.05, 0) is 62.7 Å². The van der Waals surface area contributed by atoms with Crippen LogP contribution in [0.25, 0.3) is 22.4 Å². The summed E-state index contributed by atoms with van der Waals surface area (Å²) >= 11 is 0. The van der Waals surface area contributed by atoms with Gasteiger partial charge in [-0.25, -0.2) is 17.5 Å². The summed E-state index contributed by atoms with van der Waals surface area (Å²) in [6.45, 7) is 5.37. The van der Waals surface area contributed by atoms with Crippen LogP contribution >= 0.6 is 0 Å². The molecule has 0 saturated carbocycles. The fourth-order valence-electron chi connectivity index (χ4n) is 2.62. The zero-order chi connectivity index (χ0) is 18.9. The Hall–Kier alpha value is -2.51. The van der Waals surface area contributed by atoms with Crippen molar-refractivity contribution in [2.45, 2.75) is 31.2 Å². The van der Waals surface area contributed by atoms with Gasteiger partial charge in [-0.3, -0.25) is 5.10 Å². The Labute approximate surface area is 152 Å². The SMILES string of the molecule is CC(C)(C)NS(=O)(=O)c1ccc(-c2cn[nH]c2-c2ccc(F)cc2)cc1. The Balaban J connectivity index is 1.93. The zero-order valence-electron chi connectivity index (χ0n) is 14.7. The second kappa shape index (κ2) is 6.66. The first kappa shape index (κ1) is 18.3. The molecule has 3 aromatic rings. The lowest BCUT2D eigenvalue weighted by atomic mass is 10.0. The summed E-state index contributed by atoms with van der Waals surface area (Å²) in [5.74, 6) is -0.310. The van der Waals surface area contributed by atoms with E-state index in [2.05, 4.69) is 14.9 Å². The van der Waals surface area contributed by atoms with Crippen LogP contribution < -0.4 is 4.72 Å². The number of hydrogen-bond donors (Lipinski definition) is 2. The van der Waals surface area contributed by atoms with Crippen LogP contribution in [-0.4, -0.2) is 24.2 Å². The highest BCUT2D eigenvalue weighted by Crippen LogP contribution is 2.30. The first-order chi connectivity index (χ1) is 12.2. The smallest absolute Gasteiger partial charge is 0.241 e. The average molecular weight is 373 g/mol. The topological polar surface area (TPSA) is 74.8 Å². The summed E-state index contributed by atoms with van der Waals surface area (Å²) in [5.41, 5.74) is 2.60. The quantitative estimate of drug-likeness (QED) is 0.727. The summed E-state index contributed by atoms with van der Waals surface area (Å²) in [6, 6.07) is 12.7. The van der Waals surface area contributed by atoms with Gasteiger partial charge in [0.2, 0.25) is 10.0 Å². The number of hydrogen-bond acceptors (Lipinski definition) is 3. The van der Waals surface area contributed by atoms with E-state index < -0.39 is 15.6 Å². The number of benzene rings is 2. The van der Waals surface area contributed by atoms with Crippen molar-refractivity contribution in [1.29, 1.82) is 0 Å². The van der Waals surface area contributed by atoms with Crippen LogP contribution in [0.1, 0.15) is 20.8 Å². The maximum Gasteiger partial charge on any atom is 0.241 e. The molecule has 1 heterocycles. The second-order valence-corrected chi connectivity index (χ2v) is 8.73. The van der Waals surface area contributed by atoms with Crippen molar-refractivity contribution in [1.82, 2.24) is 14.9 Å². The van der Waals surface area contributed by atoms with Gasteiger partial charge in [0.1, 0.15) is 5.82 Å². The van der Waals surface area contributed by atoms with Crippen LogP contribution in [0.3, 0.4) is 0 Å². The first-order valence-electron chi connectivity index (χ1n) is 8.09. The lowest BCUT2D eigenvalue weighted by molar-refractivity contribution is 0.491. The fourth-order valence-corrected chi connectivity index (χ4v) is 4.04. The van der Waals surface area contributed by atoms with Gasteiger partial charge in [0, 0.05) is 16.7 Å². The predicted octanol–water partition coefficient (Wildman–Crippen LogP) is 3.96. The predicted molar refractivity (Wildman–Crippen MR) is 99.5 cm³/mol. The molecule has 0 saturated heterocycles. The molecule has 0 radical (unpaired) electrons. The lowest BCUT2D eigenvalue weighted by Crippen LogP contribution is -2.40. The number of aromatic nitrogens is 2. The minimum Gasteiger partial charge on any atom is -0.277 e. The van der Waals surface area contributed by atoms with Crippen molar-refractivity contribution < 1.29 is 12.8 Å². The standard InChI is InChI=1S/C19H20FN3O2S/c1-19(2,3)23-26(24,25)16-10-6-13(7-11-16)17-12-21-22-18(17)14-4-8-15(20)9-5-14/h4-12,23H,1-3H3,(H,21,22). The molecule has 2 N–H and O–H groups in total. The van der Waals surface area contributed by atoms with E-state index in [0.717, 1.165) is 22.4 Å². The van der Waals surface area contributed by atoms with E-state index >= 15 is 0 Å². The summed E-state index contributed by atoms with van der Waals surface area (Å²) in [5, 5.41) is 6.98. The largest absolute Gasteiger partial charge is 0.277 e. The van der Waals surface area contributed by atoms with Gasteiger partial charge in [-0.1, -0.05) is 12.1 Å². The summed E-state index contributed by atoms with van der Waals surface area (Å²) in [4.78, 5) is 0.197. The first-order valence-corrected chi connectivity index (χ1v) is 9.58. The molecule has 0 bridgehead atoms. The molecule has 0 amide bonds. The zero-order valence-corrected chi connectivity index (χ0v) is 15.6. The Morgan fingerprint density at radius 1 is 0.962 bits per heavy atom. The van der Waals surface area contributed by atoms with E-state index in [0.29, 0.717) is 0 Å². The van der Waals surface area contributed by atoms with Crippen LogP contribution in [0, 0.1) is 5.82 Å². The second-order valence-electron chi connectivity index (χ2n) is 7.05. The number of sulfonamides is 1. The van der Waals surface area contributed by atoms with Gasteiger partial charge >= 0.3 is 0 Å². The third-order valence-electron chi connectivity index (χ3n) is 3.69. The van der Waals surface area contributed by atoms with Crippen molar-refractivity contribution in [2.75, 3.05) is 0 Å². The van der Waals surface area contributed by atoms with Gasteiger partial charge in [0.25, 0.3) is 0 Å². The molecule has 136 valence electrons. The Morgan fingerprint density at radius 3 is 2.12 bits per heavy atom. The Morgan fingerprint density at radius 2 is 1.54 bits per heavy atom. The summed E-state index contributed by atoms with van der Waals surface area (Å²) in [6.07, 6.45) is 1.66. The maximum absolute atomic E-state index is 13.1. The van der Waals surface area contributed by atoms with E-state index in [1.54, 1.807) is 63.4 Å². The summed E-state index contributed by atoms with van der Waals surface area (Å²) < 4.78 is 40.6. The van der Waals surface area contributed by atoms with Gasteiger partial charge in [-0.15, -0.1) is 0 Å². The van der Waals surface area contributed by atoms with Crippen molar-refractivity contribution in [3.05, 3.63) is 60.5 Å². The molecular formula is C19H20FN3O2S. The third-order valence-corrected chi connectivity index (χ3v) is 5.46. The van der Waals surface area contributed by atoms with Gasteiger partial charge in [0.15, 0.2) is 0 Å². The average Bonchev–Trinajstić information content (AvgIpc) is 3.03. The van der Waals surface area contributed by atoms with Crippen LogP contribution in [0.5, 0.6) is 0 Å². The Kier molecular flexibility index (Phi) is 4.68. The van der Waals surface area contributed by atoms with Crippen molar-refractivity contribution in [3.63, 3.8) is 0 Å². The number of H-pyrrole nitrogens is 1. The van der Waals surface area contributed by atoms with Gasteiger partial charge < -0.3 is 0 Å². The van der Waals surface area contributed by atoms with Crippen LogP contribution in [-0.2, 0) is 10.0 Å². The van der Waals surface area contributed by atoms with E-state index in [4.69, 9.17) is 0 Å². The highest BCUT2D eigenvalue weighted by Gasteiger charge is 2.22. The molecule has 2 aromatic carbocycles. The van der Waals surface area contributed by atoms with E-state index in [-0.39, 0.29) is 10.7 Å². The van der Waals surface area contributed by atoms with Gasteiger partial charge in [-0.2, -0.15) is 5.10 Å². The number of aromatic amines is 1. The number of rotatable bonds is 4. The molecule has 5 nitrogen and oxygen atoms in total. The third kappa shape index (κ3) is 4.00. The van der Waals surface area contributed by atoms with Crippen molar-refractivity contribution in [2.24, 2.45) is 0 Å². The maximum atomic E-state index is 13.1. The molecule has 0 spiro atoms. The Bertz CT molecular complexity index is 1000. The monoisotopic (exact) mass is 373 g/mol. The molecule has 1 aromatic heterocycles. The van der Waals surface area contributed by atoms with E-state index in [1.165, 1.54) is 12.1 Å². The fraction of sp³-hybridized carbons (Fsp3) is 0.211. The van der Waals surface area contributed by atoms with Crippen LogP contribution in [0.4, 0.5) is 4.39 Å². The van der Waals surface area contributed by atoms with Crippen LogP contribution in [0.2, 0.25) is 0 Å². The minimum atomic E-state index is -3.59. The molecular weight excluding hydrogens is 353 g/mol. The van der Waals surface area contributed by atoms with E-state index in [9.17, 15) is 12.8 Å². The molecule has 0 unspecified atom stereocenters. The molecule has 26 heavy (non-hydrogen) atoms. The lowest BCUT2D eigenvalue weighted by Gasteiger charge is -2.20. The number of halogens is 1. The molecule has 7 heteroatoms. The molecule has 0 aliphatic carbocycles. The van der Waals surface area contributed by atoms with E-state index in [1.807, 2.05) is 0 Å². The normalized spacial score (nSPS) is 12.3. The molecule has 0 aliphatic rings. The van der Waals surface area contributed by atoms with Crippen molar-refractivity contribution >= 4 is 10.0 Å². The molecule has 0 fully saturated rings. The minimum absolute atomic E-state index is 0.197. The molecule has 0 atom stereocenters.